The molecule has 3 rings (SSSR count). The zero-order valence-corrected chi connectivity index (χ0v) is 13.6. The number of aliphatic hydroxyl groups is 1. The maximum atomic E-state index is 9.01. The molecule has 0 saturated carbocycles. The molecule has 0 atom stereocenters. The van der Waals surface area contributed by atoms with E-state index in [1.54, 1.807) is 6.20 Å². The van der Waals surface area contributed by atoms with Gasteiger partial charge in [0.05, 0.1) is 12.1 Å². The van der Waals surface area contributed by atoms with Crippen LogP contribution in [0.2, 0.25) is 0 Å². The van der Waals surface area contributed by atoms with Crippen LogP contribution in [0, 0.1) is 0 Å². The van der Waals surface area contributed by atoms with Gasteiger partial charge in [0.15, 0.2) is 0 Å². The molecule has 5 heteroatoms. The third-order valence-corrected chi connectivity index (χ3v) is 3.53. The van der Waals surface area contributed by atoms with E-state index in [0.29, 0.717) is 24.8 Å². The van der Waals surface area contributed by atoms with E-state index in [9.17, 15) is 0 Å². The van der Waals surface area contributed by atoms with Gasteiger partial charge >= 0.3 is 6.01 Å². The van der Waals surface area contributed by atoms with Crippen LogP contribution in [-0.4, -0.2) is 28.3 Å². The average Bonchev–Trinajstić information content (AvgIpc) is 2.61. The van der Waals surface area contributed by atoms with Crippen LogP contribution in [0.15, 0.2) is 48.7 Å². The van der Waals surface area contributed by atoms with E-state index in [1.165, 1.54) is 0 Å². The van der Waals surface area contributed by atoms with E-state index in [-0.39, 0.29) is 6.61 Å². The first-order chi connectivity index (χ1) is 11.8. The van der Waals surface area contributed by atoms with Crippen molar-refractivity contribution in [3.8, 4) is 17.5 Å². The van der Waals surface area contributed by atoms with Crippen LogP contribution in [0.4, 0.5) is 0 Å². The van der Waals surface area contributed by atoms with Gasteiger partial charge < -0.3 is 14.6 Å². The molecule has 0 radical (unpaired) electrons. The van der Waals surface area contributed by atoms with Gasteiger partial charge in [-0.2, -0.15) is 4.98 Å². The summed E-state index contributed by atoms with van der Waals surface area (Å²) in [7, 11) is 0. The van der Waals surface area contributed by atoms with Crippen molar-refractivity contribution in [1.29, 1.82) is 0 Å². The third-order valence-electron chi connectivity index (χ3n) is 3.53. The molecule has 0 aliphatic carbocycles. The second-order valence-electron chi connectivity index (χ2n) is 5.44. The number of aliphatic hydroxyl groups excluding tert-OH is 1. The van der Waals surface area contributed by atoms with Crippen LogP contribution in [-0.2, 0) is 6.42 Å². The molecular weight excluding hydrogens is 304 g/mol. The molecule has 1 aromatic heterocycles. The first kappa shape index (κ1) is 16.2. The largest absolute Gasteiger partial charge is 0.494 e. The van der Waals surface area contributed by atoms with Gasteiger partial charge in [0.1, 0.15) is 11.5 Å². The van der Waals surface area contributed by atoms with Crippen LogP contribution >= 0.6 is 0 Å². The highest BCUT2D eigenvalue weighted by atomic mass is 16.5. The predicted octanol–water partition coefficient (Wildman–Crippen LogP) is 3.75. The van der Waals surface area contributed by atoms with Crippen molar-refractivity contribution in [1.82, 2.24) is 9.97 Å². The van der Waals surface area contributed by atoms with Gasteiger partial charge in [-0.25, -0.2) is 4.98 Å². The lowest BCUT2D eigenvalue weighted by atomic mass is 10.1. The van der Waals surface area contributed by atoms with Gasteiger partial charge in [-0.15, -0.1) is 0 Å². The highest BCUT2D eigenvalue weighted by Gasteiger charge is 2.04. The number of ether oxygens (including phenoxy) is 2. The lowest BCUT2D eigenvalue weighted by Crippen LogP contribution is -1.96. The Bertz CT molecular complexity index is 803. The monoisotopic (exact) mass is 324 g/mol. The molecule has 2 aromatic carbocycles. The summed E-state index contributed by atoms with van der Waals surface area (Å²) in [5.74, 6) is 1.48. The summed E-state index contributed by atoms with van der Waals surface area (Å²) in [4.78, 5) is 8.67. The molecule has 0 amide bonds. The lowest BCUT2D eigenvalue weighted by molar-refractivity contribution is 0.299. The van der Waals surface area contributed by atoms with Gasteiger partial charge in [0.25, 0.3) is 0 Å². The minimum absolute atomic E-state index is 0.130. The van der Waals surface area contributed by atoms with E-state index in [0.717, 1.165) is 28.6 Å². The fourth-order valence-corrected chi connectivity index (χ4v) is 2.33. The Morgan fingerprint density at radius 2 is 1.83 bits per heavy atom. The Morgan fingerprint density at radius 3 is 2.58 bits per heavy atom. The maximum Gasteiger partial charge on any atom is 0.322 e. The van der Waals surface area contributed by atoms with E-state index >= 15 is 0 Å². The standard InChI is InChI=1S/C19H20N2O3/c1-2-11-23-16-4-6-17(7-5-16)24-19-20-13-15-12-14(9-10-22)3-8-18(15)21-19/h3-8,12-13,22H,2,9-11H2,1H3. The number of rotatable bonds is 7. The lowest BCUT2D eigenvalue weighted by Gasteiger charge is -2.07. The van der Waals surface area contributed by atoms with Crippen molar-refractivity contribution in [2.75, 3.05) is 13.2 Å². The quantitative estimate of drug-likeness (QED) is 0.717. The molecule has 0 bridgehead atoms. The fraction of sp³-hybridized carbons (Fsp3) is 0.263. The molecule has 0 fully saturated rings. The summed E-state index contributed by atoms with van der Waals surface area (Å²) in [6.07, 6.45) is 3.33. The van der Waals surface area contributed by atoms with Crippen molar-refractivity contribution in [3.63, 3.8) is 0 Å². The number of hydrogen-bond acceptors (Lipinski definition) is 5. The maximum absolute atomic E-state index is 9.01. The smallest absolute Gasteiger partial charge is 0.322 e. The molecule has 1 N–H and O–H groups in total. The molecule has 0 aliphatic heterocycles. The number of hydrogen-bond donors (Lipinski definition) is 1. The summed E-state index contributed by atoms with van der Waals surface area (Å²) >= 11 is 0. The molecule has 5 nitrogen and oxygen atoms in total. The van der Waals surface area contributed by atoms with Crippen LogP contribution in [0.5, 0.6) is 17.5 Å². The van der Waals surface area contributed by atoms with Gasteiger partial charge in [0.2, 0.25) is 0 Å². The molecule has 0 aliphatic rings. The van der Waals surface area contributed by atoms with Crippen molar-refractivity contribution >= 4 is 10.9 Å². The van der Waals surface area contributed by atoms with Gasteiger partial charge in [-0.3, -0.25) is 0 Å². The zero-order valence-electron chi connectivity index (χ0n) is 13.6. The number of benzene rings is 2. The van der Waals surface area contributed by atoms with Crippen molar-refractivity contribution in [2.24, 2.45) is 0 Å². The Balaban J connectivity index is 1.73. The second-order valence-corrected chi connectivity index (χ2v) is 5.44. The van der Waals surface area contributed by atoms with Gasteiger partial charge in [-0.05, 0) is 54.8 Å². The zero-order chi connectivity index (χ0) is 16.8. The highest BCUT2D eigenvalue weighted by Crippen LogP contribution is 2.23. The van der Waals surface area contributed by atoms with Crippen LogP contribution in [0.3, 0.4) is 0 Å². The Kier molecular flexibility index (Phi) is 5.23. The molecule has 0 spiro atoms. The third kappa shape index (κ3) is 4.00. The molecule has 124 valence electrons. The average molecular weight is 324 g/mol. The van der Waals surface area contributed by atoms with Crippen LogP contribution in [0.1, 0.15) is 18.9 Å². The summed E-state index contributed by atoms with van der Waals surface area (Å²) in [6.45, 7) is 2.90. The summed E-state index contributed by atoms with van der Waals surface area (Å²) in [5, 5.41) is 9.93. The highest BCUT2D eigenvalue weighted by molar-refractivity contribution is 5.78. The van der Waals surface area contributed by atoms with Crippen molar-refractivity contribution < 1.29 is 14.6 Å². The summed E-state index contributed by atoms with van der Waals surface area (Å²) in [6, 6.07) is 13.6. The van der Waals surface area contributed by atoms with E-state index in [4.69, 9.17) is 14.6 Å². The first-order valence-corrected chi connectivity index (χ1v) is 8.06. The van der Waals surface area contributed by atoms with Gasteiger partial charge in [0, 0.05) is 18.2 Å². The van der Waals surface area contributed by atoms with E-state index < -0.39 is 0 Å². The van der Waals surface area contributed by atoms with Crippen LogP contribution < -0.4 is 9.47 Å². The summed E-state index contributed by atoms with van der Waals surface area (Å²) < 4.78 is 11.3. The number of nitrogens with zero attached hydrogens (tertiary/aromatic N) is 2. The predicted molar refractivity (Wildman–Crippen MR) is 92.6 cm³/mol. The molecule has 1 heterocycles. The van der Waals surface area contributed by atoms with E-state index in [2.05, 4.69) is 16.9 Å². The van der Waals surface area contributed by atoms with Crippen molar-refractivity contribution in [3.05, 3.63) is 54.2 Å². The molecule has 3 aromatic rings. The molecule has 0 saturated heterocycles. The Morgan fingerprint density at radius 1 is 1.04 bits per heavy atom. The normalized spacial score (nSPS) is 10.8. The topological polar surface area (TPSA) is 64.5 Å². The minimum Gasteiger partial charge on any atom is -0.494 e. The fourth-order valence-electron chi connectivity index (χ4n) is 2.33. The molecule has 0 unspecified atom stereocenters. The van der Waals surface area contributed by atoms with Crippen molar-refractivity contribution in [2.45, 2.75) is 19.8 Å². The first-order valence-electron chi connectivity index (χ1n) is 8.06. The second kappa shape index (κ2) is 7.75. The van der Waals surface area contributed by atoms with Gasteiger partial charge in [-0.1, -0.05) is 13.0 Å². The minimum atomic E-state index is 0.130. The number of aromatic nitrogens is 2. The Hall–Kier alpha value is -2.66. The van der Waals surface area contributed by atoms with E-state index in [1.807, 2.05) is 42.5 Å². The van der Waals surface area contributed by atoms with Crippen LogP contribution in [0.25, 0.3) is 10.9 Å². The SMILES string of the molecule is CCCOc1ccc(Oc2ncc3cc(CCO)ccc3n2)cc1. The Labute approximate surface area is 140 Å². The summed E-state index contributed by atoms with van der Waals surface area (Å²) in [5.41, 5.74) is 1.87. The number of fused-ring (bicyclic) bond motifs is 1. The molecule has 24 heavy (non-hydrogen) atoms. The molecular formula is C19H20N2O3.